The molecule has 0 saturated carbocycles. The van der Waals surface area contributed by atoms with E-state index >= 15 is 0 Å². The lowest BCUT2D eigenvalue weighted by atomic mass is 10.1. The highest BCUT2D eigenvalue weighted by Gasteiger charge is 2.34. The van der Waals surface area contributed by atoms with Crippen LogP contribution in [0.15, 0.2) is 84.4 Å². The number of carbonyl (C=O) groups excluding carboxylic acids is 2. The number of amides is 2. The lowest BCUT2D eigenvalue weighted by Crippen LogP contribution is -2.54. The number of nitrogens with zero attached hydrogens (tertiary/aromatic N) is 1. The zero-order valence-corrected chi connectivity index (χ0v) is 17.8. The van der Waals surface area contributed by atoms with E-state index in [1.807, 2.05) is 42.5 Å². The fraction of sp³-hybridized carbons (Fsp3) is 0.0417. The summed E-state index contributed by atoms with van der Waals surface area (Å²) in [6, 6.07) is 23.6. The maximum atomic E-state index is 13.2. The number of carbonyl (C=O) groups is 2. The number of halogens is 1. The Balaban J connectivity index is 1.64. The Labute approximate surface area is 189 Å². The van der Waals surface area contributed by atoms with Gasteiger partial charge in [-0.05, 0) is 54.2 Å². The first-order valence-corrected chi connectivity index (χ1v) is 10.2. The van der Waals surface area contributed by atoms with E-state index in [4.69, 9.17) is 28.6 Å². The van der Waals surface area contributed by atoms with Crippen LogP contribution >= 0.6 is 23.8 Å². The molecule has 31 heavy (non-hydrogen) atoms. The quantitative estimate of drug-likeness (QED) is 0.347. The van der Waals surface area contributed by atoms with Crippen LogP contribution in [-0.2, 0) is 16.2 Å². The molecule has 0 atom stereocenters. The lowest BCUT2D eigenvalue weighted by Gasteiger charge is -2.29. The maximum Gasteiger partial charge on any atom is 0.270 e. The van der Waals surface area contributed by atoms with Crippen LogP contribution < -0.4 is 15.0 Å². The van der Waals surface area contributed by atoms with E-state index in [9.17, 15) is 9.59 Å². The van der Waals surface area contributed by atoms with E-state index in [1.54, 1.807) is 36.4 Å². The number of nitrogens with one attached hydrogen (secondary N) is 1. The molecular formula is C24H17ClN2O3S. The second kappa shape index (κ2) is 9.12. The van der Waals surface area contributed by atoms with Gasteiger partial charge in [0.2, 0.25) is 0 Å². The zero-order chi connectivity index (χ0) is 21.8. The summed E-state index contributed by atoms with van der Waals surface area (Å²) in [4.78, 5) is 27.0. The Morgan fingerprint density at radius 3 is 2.35 bits per heavy atom. The summed E-state index contributed by atoms with van der Waals surface area (Å²) in [5.41, 5.74) is 2.09. The predicted molar refractivity (Wildman–Crippen MR) is 125 cm³/mol. The highest BCUT2D eigenvalue weighted by molar-refractivity contribution is 7.80. The molecule has 0 aromatic heterocycles. The Morgan fingerprint density at radius 1 is 0.935 bits per heavy atom. The SMILES string of the molecule is O=C1NC(=S)N(c2ccc(Cl)cc2)C(=O)C1=Cc1ccccc1OCc1ccccc1. The molecule has 3 aromatic carbocycles. The predicted octanol–water partition coefficient (Wildman–Crippen LogP) is 4.75. The fourth-order valence-corrected chi connectivity index (χ4v) is 3.51. The van der Waals surface area contributed by atoms with Gasteiger partial charge in [-0.25, -0.2) is 0 Å². The summed E-state index contributed by atoms with van der Waals surface area (Å²) >= 11 is 11.2. The molecule has 1 heterocycles. The van der Waals surface area contributed by atoms with Crippen LogP contribution in [0.3, 0.4) is 0 Å². The third-order valence-corrected chi connectivity index (χ3v) is 5.18. The van der Waals surface area contributed by atoms with Gasteiger partial charge >= 0.3 is 0 Å². The van der Waals surface area contributed by atoms with Crippen LogP contribution in [0.2, 0.25) is 5.02 Å². The molecule has 2 amide bonds. The van der Waals surface area contributed by atoms with Gasteiger partial charge in [-0.3, -0.25) is 19.8 Å². The molecule has 0 spiro atoms. The van der Waals surface area contributed by atoms with Gasteiger partial charge in [-0.1, -0.05) is 60.1 Å². The molecule has 0 unspecified atom stereocenters. The van der Waals surface area contributed by atoms with E-state index < -0.39 is 11.8 Å². The zero-order valence-electron chi connectivity index (χ0n) is 16.2. The monoisotopic (exact) mass is 448 g/mol. The number of benzene rings is 3. The molecule has 4 rings (SSSR count). The minimum absolute atomic E-state index is 0.0167. The van der Waals surface area contributed by atoms with Crippen LogP contribution in [0, 0.1) is 0 Å². The number of para-hydroxylation sites is 1. The number of hydrogen-bond donors (Lipinski definition) is 1. The summed E-state index contributed by atoms with van der Waals surface area (Å²) in [6.45, 7) is 0.363. The smallest absolute Gasteiger partial charge is 0.270 e. The normalized spacial score (nSPS) is 15.2. The Morgan fingerprint density at radius 2 is 1.61 bits per heavy atom. The molecule has 5 nitrogen and oxygen atoms in total. The van der Waals surface area contributed by atoms with Crippen molar-refractivity contribution in [1.29, 1.82) is 0 Å². The summed E-state index contributed by atoms with van der Waals surface area (Å²) in [6.07, 6.45) is 1.52. The van der Waals surface area contributed by atoms with E-state index in [2.05, 4.69) is 5.32 Å². The molecule has 1 aliphatic heterocycles. The van der Waals surface area contributed by atoms with Gasteiger partial charge in [-0.2, -0.15) is 0 Å². The van der Waals surface area contributed by atoms with Gasteiger partial charge in [-0.15, -0.1) is 0 Å². The van der Waals surface area contributed by atoms with E-state index in [-0.39, 0.29) is 10.7 Å². The number of thiocarbonyl (C=S) groups is 1. The van der Waals surface area contributed by atoms with Crippen LogP contribution in [0.4, 0.5) is 5.69 Å². The largest absolute Gasteiger partial charge is 0.488 e. The van der Waals surface area contributed by atoms with Crippen molar-refractivity contribution in [2.24, 2.45) is 0 Å². The molecule has 0 bridgehead atoms. The Kier molecular flexibility index (Phi) is 6.11. The molecule has 1 aliphatic rings. The fourth-order valence-electron chi connectivity index (χ4n) is 3.10. The third kappa shape index (κ3) is 4.66. The highest BCUT2D eigenvalue weighted by atomic mass is 35.5. The van der Waals surface area contributed by atoms with Gasteiger partial charge < -0.3 is 4.74 Å². The second-order valence-electron chi connectivity index (χ2n) is 6.75. The number of ether oxygens (including phenoxy) is 1. The number of rotatable bonds is 5. The molecule has 1 N–H and O–H groups in total. The minimum Gasteiger partial charge on any atom is -0.488 e. The van der Waals surface area contributed by atoms with E-state index in [0.717, 1.165) is 5.56 Å². The van der Waals surface area contributed by atoms with Crippen molar-refractivity contribution in [2.75, 3.05) is 4.90 Å². The van der Waals surface area contributed by atoms with Crippen molar-refractivity contribution in [1.82, 2.24) is 5.32 Å². The standard InChI is InChI=1S/C24H17ClN2O3S/c25-18-10-12-19(13-11-18)27-23(29)20(22(28)26-24(27)31)14-17-8-4-5-9-21(17)30-15-16-6-2-1-3-7-16/h1-14H,15H2,(H,26,28,31). The summed E-state index contributed by atoms with van der Waals surface area (Å²) < 4.78 is 5.94. The number of anilines is 1. The molecule has 0 radical (unpaired) electrons. The van der Waals surface area contributed by atoms with Gasteiger partial charge in [0.25, 0.3) is 11.8 Å². The molecular weight excluding hydrogens is 432 g/mol. The average Bonchev–Trinajstić information content (AvgIpc) is 2.78. The second-order valence-corrected chi connectivity index (χ2v) is 7.57. The van der Waals surface area contributed by atoms with Crippen molar-refractivity contribution >= 4 is 52.5 Å². The Bertz CT molecular complexity index is 1180. The molecule has 0 aliphatic carbocycles. The highest BCUT2D eigenvalue weighted by Crippen LogP contribution is 2.26. The molecule has 154 valence electrons. The van der Waals surface area contributed by atoms with Crippen LogP contribution in [-0.4, -0.2) is 16.9 Å². The topological polar surface area (TPSA) is 58.6 Å². The minimum atomic E-state index is -0.557. The third-order valence-electron chi connectivity index (χ3n) is 4.64. The molecule has 7 heteroatoms. The van der Waals surface area contributed by atoms with Crippen molar-refractivity contribution in [2.45, 2.75) is 6.61 Å². The van der Waals surface area contributed by atoms with Gasteiger partial charge in [0.05, 0.1) is 5.69 Å². The number of hydrogen-bond acceptors (Lipinski definition) is 4. The first kappa shape index (κ1) is 20.8. The summed E-state index contributed by atoms with van der Waals surface area (Å²) in [7, 11) is 0. The van der Waals surface area contributed by atoms with Crippen molar-refractivity contribution in [3.05, 3.63) is 101 Å². The van der Waals surface area contributed by atoms with Crippen molar-refractivity contribution < 1.29 is 14.3 Å². The molecule has 1 fully saturated rings. The maximum absolute atomic E-state index is 13.2. The van der Waals surface area contributed by atoms with Crippen LogP contribution in [0.1, 0.15) is 11.1 Å². The first-order chi connectivity index (χ1) is 15.0. The molecule has 1 saturated heterocycles. The van der Waals surface area contributed by atoms with Gasteiger partial charge in [0.1, 0.15) is 17.9 Å². The lowest BCUT2D eigenvalue weighted by molar-refractivity contribution is -0.122. The van der Waals surface area contributed by atoms with Gasteiger partial charge in [0.15, 0.2) is 5.11 Å². The summed E-state index contributed by atoms with van der Waals surface area (Å²) in [5.74, 6) is -0.516. The van der Waals surface area contributed by atoms with Gasteiger partial charge in [0, 0.05) is 10.6 Å². The van der Waals surface area contributed by atoms with Crippen molar-refractivity contribution in [3.8, 4) is 5.75 Å². The summed E-state index contributed by atoms with van der Waals surface area (Å²) in [5, 5.41) is 3.12. The van der Waals surface area contributed by atoms with E-state index in [0.29, 0.717) is 28.6 Å². The Hall–Kier alpha value is -3.48. The van der Waals surface area contributed by atoms with E-state index in [1.165, 1.54) is 11.0 Å². The van der Waals surface area contributed by atoms with Crippen molar-refractivity contribution in [3.63, 3.8) is 0 Å². The van der Waals surface area contributed by atoms with Crippen LogP contribution in [0.5, 0.6) is 5.75 Å². The van der Waals surface area contributed by atoms with Crippen LogP contribution in [0.25, 0.3) is 6.08 Å². The molecule has 3 aromatic rings. The first-order valence-electron chi connectivity index (χ1n) is 9.46. The average molecular weight is 449 g/mol.